The molecule has 25 heavy (non-hydrogen) atoms. The van der Waals surface area contributed by atoms with E-state index in [1.165, 1.54) is 6.33 Å². The lowest BCUT2D eigenvalue weighted by molar-refractivity contribution is 0.0949. The number of nitrogens with zero attached hydrogens (tertiary/aromatic N) is 4. The number of anilines is 1. The van der Waals surface area contributed by atoms with Crippen LogP contribution in [0, 0.1) is 13.8 Å². The molecule has 1 saturated carbocycles. The summed E-state index contributed by atoms with van der Waals surface area (Å²) < 4.78 is 10.6. The van der Waals surface area contributed by atoms with E-state index in [9.17, 15) is 4.79 Å². The zero-order chi connectivity index (χ0) is 17.6. The van der Waals surface area contributed by atoms with Gasteiger partial charge in [0.15, 0.2) is 5.82 Å². The average molecular weight is 342 g/mol. The number of carbonyl (C=O) groups excluding carboxylic acids is 1. The Morgan fingerprint density at radius 3 is 2.80 bits per heavy atom. The van der Waals surface area contributed by atoms with Crippen molar-refractivity contribution in [3.63, 3.8) is 0 Å². The van der Waals surface area contributed by atoms with Crippen LogP contribution in [0.3, 0.4) is 0 Å². The minimum absolute atomic E-state index is 0.0162. The summed E-state index contributed by atoms with van der Waals surface area (Å²) in [6.45, 7) is 5.71. The molecule has 9 heteroatoms. The molecule has 130 valence electrons. The summed E-state index contributed by atoms with van der Waals surface area (Å²) in [6, 6.07) is 0. The van der Waals surface area contributed by atoms with Crippen LogP contribution in [0.5, 0.6) is 0 Å². The van der Waals surface area contributed by atoms with E-state index in [1.807, 2.05) is 0 Å². The SMILES string of the molecule is Cc1nc(CNC(=O)c2c(C)oc3ncnc(NC4(C)CC4)c23)no1. The van der Waals surface area contributed by atoms with Gasteiger partial charge in [0.25, 0.3) is 5.91 Å². The van der Waals surface area contributed by atoms with E-state index < -0.39 is 0 Å². The largest absolute Gasteiger partial charge is 0.442 e. The molecular weight excluding hydrogens is 324 g/mol. The van der Waals surface area contributed by atoms with Crippen LogP contribution < -0.4 is 10.6 Å². The van der Waals surface area contributed by atoms with Crippen molar-refractivity contribution >= 4 is 22.8 Å². The second-order valence-electron chi connectivity index (χ2n) is 6.53. The monoisotopic (exact) mass is 342 g/mol. The van der Waals surface area contributed by atoms with E-state index in [2.05, 4.69) is 37.7 Å². The van der Waals surface area contributed by atoms with Crippen molar-refractivity contribution < 1.29 is 13.7 Å². The minimum atomic E-state index is -0.294. The zero-order valence-corrected chi connectivity index (χ0v) is 14.2. The van der Waals surface area contributed by atoms with Gasteiger partial charge in [0.05, 0.1) is 17.5 Å². The van der Waals surface area contributed by atoms with Gasteiger partial charge in [-0.3, -0.25) is 4.79 Å². The predicted molar refractivity (Wildman–Crippen MR) is 88.0 cm³/mol. The second-order valence-corrected chi connectivity index (χ2v) is 6.53. The number of amides is 1. The third kappa shape index (κ3) is 2.92. The van der Waals surface area contributed by atoms with Crippen molar-refractivity contribution in [1.82, 2.24) is 25.4 Å². The van der Waals surface area contributed by atoms with Crippen LogP contribution in [0.25, 0.3) is 11.1 Å². The Hall–Kier alpha value is -2.97. The topological polar surface area (TPSA) is 119 Å². The number of fused-ring (bicyclic) bond motifs is 1. The lowest BCUT2D eigenvalue weighted by Crippen LogP contribution is -2.24. The van der Waals surface area contributed by atoms with Gasteiger partial charge >= 0.3 is 0 Å². The lowest BCUT2D eigenvalue weighted by atomic mass is 10.1. The van der Waals surface area contributed by atoms with Crippen LogP contribution in [0.4, 0.5) is 5.82 Å². The van der Waals surface area contributed by atoms with Crippen LogP contribution >= 0.6 is 0 Å². The molecular formula is C16H18N6O3. The van der Waals surface area contributed by atoms with E-state index in [4.69, 9.17) is 8.94 Å². The molecule has 1 fully saturated rings. The number of nitrogens with one attached hydrogen (secondary N) is 2. The lowest BCUT2D eigenvalue weighted by Gasteiger charge is -2.13. The van der Waals surface area contributed by atoms with E-state index in [1.54, 1.807) is 13.8 Å². The molecule has 0 bridgehead atoms. The molecule has 9 nitrogen and oxygen atoms in total. The van der Waals surface area contributed by atoms with E-state index in [0.717, 1.165) is 12.8 Å². The predicted octanol–water partition coefficient (Wildman–Crippen LogP) is 2.12. The maximum absolute atomic E-state index is 12.7. The number of hydrogen-bond acceptors (Lipinski definition) is 8. The third-order valence-electron chi connectivity index (χ3n) is 4.29. The van der Waals surface area contributed by atoms with Gasteiger partial charge in [0.2, 0.25) is 11.6 Å². The Labute approximate surface area is 143 Å². The highest BCUT2D eigenvalue weighted by molar-refractivity contribution is 6.10. The Morgan fingerprint density at radius 2 is 2.12 bits per heavy atom. The second kappa shape index (κ2) is 5.54. The van der Waals surface area contributed by atoms with Gasteiger partial charge in [-0.25, -0.2) is 9.97 Å². The summed E-state index contributed by atoms with van der Waals surface area (Å²) in [6.07, 6.45) is 3.56. The first-order valence-corrected chi connectivity index (χ1v) is 8.05. The highest BCUT2D eigenvalue weighted by atomic mass is 16.5. The molecule has 0 unspecified atom stereocenters. The van der Waals surface area contributed by atoms with Crippen LogP contribution in [0.15, 0.2) is 15.3 Å². The van der Waals surface area contributed by atoms with Gasteiger partial charge in [-0.05, 0) is 26.7 Å². The molecule has 1 aliphatic rings. The number of hydrogen-bond donors (Lipinski definition) is 2. The Balaban J connectivity index is 1.65. The van der Waals surface area contributed by atoms with Crippen molar-refractivity contribution in [3.05, 3.63) is 29.4 Å². The summed E-state index contributed by atoms with van der Waals surface area (Å²) in [5.74, 6) is 1.67. The number of aryl methyl sites for hydroxylation is 2. The quantitative estimate of drug-likeness (QED) is 0.723. The van der Waals surface area contributed by atoms with Gasteiger partial charge in [0.1, 0.15) is 17.9 Å². The van der Waals surface area contributed by atoms with Gasteiger partial charge in [0, 0.05) is 12.5 Å². The molecule has 3 aromatic heterocycles. The number of furan rings is 1. The summed E-state index contributed by atoms with van der Waals surface area (Å²) >= 11 is 0. The van der Waals surface area contributed by atoms with Crippen LogP contribution in [0.1, 0.15) is 47.6 Å². The van der Waals surface area contributed by atoms with Crippen molar-refractivity contribution in [2.24, 2.45) is 0 Å². The van der Waals surface area contributed by atoms with Gasteiger partial charge in [-0.15, -0.1) is 0 Å². The summed E-state index contributed by atoms with van der Waals surface area (Å²) in [7, 11) is 0. The first-order valence-electron chi connectivity index (χ1n) is 8.05. The smallest absolute Gasteiger partial charge is 0.256 e. The molecule has 3 heterocycles. The maximum Gasteiger partial charge on any atom is 0.256 e. The molecule has 2 N–H and O–H groups in total. The maximum atomic E-state index is 12.7. The summed E-state index contributed by atoms with van der Waals surface area (Å²) in [5.41, 5.74) is 0.824. The van der Waals surface area contributed by atoms with Gasteiger partial charge in [-0.2, -0.15) is 4.98 Å². The molecule has 4 rings (SSSR count). The Bertz CT molecular complexity index is 956. The molecule has 0 aromatic carbocycles. The van der Waals surface area contributed by atoms with Crippen LogP contribution in [-0.2, 0) is 6.54 Å². The normalized spacial score (nSPS) is 15.3. The molecule has 3 aromatic rings. The van der Waals surface area contributed by atoms with Gasteiger partial charge < -0.3 is 19.6 Å². The molecule has 0 atom stereocenters. The molecule has 0 radical (unpaired) electrons. The zero-order valence-electron chi connectivity index (χ0n) is 14.2. The summed E-state index contributed by atoms with van der Waals surface area (Å²) in [4.78, 5) is 25.2. The minimum Gasteiger partial charge on any atom is -0.442 e. The van der Waals surface area contributed by atoms with E-state index in [0.29, 0.717) is 40.0 Å². The summed E-state index contributed by atoms with van der Waals surface area (Å²) in [5, 5.41) is 10.5. The van der Waals surface area contributed by atoms with Crippen molar-refractivity contribution in [2.75, 3.05) is 5.32 Å². The highest BCUT2D eigenvalue weighted by Gasteiger charge is 2.38. The van der Waals surface area contributed by atoms with E-state index >= 15 is 0 Å². The standard InChI is InChI=1S/C16H18N6O3/c1-8-11(14(23)17-6-10-20-9(2)25-22-10)12-13(21-16(3)4-5-16)18-7-19-15(12)24-8/h7H,4-6H2,1-3H3,(H,17,23)(H,18,19,21). The van der Waals surface area contributed by atoms with Crippen molar-refractivity contribution in [1.29, 1.82) is 0 Å². The fraction of sp³-hybridized carbons (Fsp3) is 0.438. The first-order chi connectivity index (χ1) is 12.0. The van der Waals surface area contributed by atoms with Crippen molar-refractivity contribution in [3.8, 4) is 0 Å². The Kier molecular flexibility index (Phi) is 3.45. The van der Waals surface area contributed by atoms with Gasteiger partial charge in [-0.1, -0.05) is 5.16 Å². The van der Waals surface area contributed by atoms with E-state index in [-0.39, 0.29) is 18.0 Å². The third-order valence-corrected chi connectivity index (χ3v) is 4.29. The molecule has 0 saturated heterocycles. The van der Waals surface area contributed by atoms with Crippen molar-refractivity contribution in [2.45, 2.75) is 45.7 Å². The number of aromatic nitrogens is 4. The van der Waals surface area contributed by atoms with Crippen LogP contribution in [-0.4, -0.2) is 31.6 Å². The Morgan fingerprint density at radius 1 is 1.32 bits per heavy atom. The average Bonchev–Trinajstić information content (AvgIpc) is 2.99. The number of carbonyl (C=O) groups is 1. The molecule has 1 amide bonds. The van der Waals surface area contributed by atoms with Crippen LogP contribution in [0.2, 0.25) is 0 Å². The fourth-order valence-corrected chi connectivity index (χ4v) is 2.67. The molecule has 0 spiro atoms. The molecule has 0 aliphatic heterocycles. The first kappa shape index (κ1) is 15.6. The fourth-order valence-electron chi connectivity index (χ4n) is 2.67. The highest BCUT2D eigenvalue weighted by Crippen LogP contribution is 2.40. The molecule has 1 aliphatic carbocycles. The number of rotatable bonds is 5.